The summed E-state index contributed by atoms with van der Waals surface area (Å²) >= 11 is 3.39. The highest BCUT2D eigenvalue weighted by Crippen LogP contribution is 2.39. The van der Waals surface area contributed by atoms with Gasteiger partial charge in [0.25, 0.3) is 0 Å². The van der Waals surface area contributed by atoms with Crippen LogP contribution >= 0.6 is 15.9 Å². The number of nitrogens with one attached hydrogen (secondary N) is 1. The summed E-state index contributed by atoms with van der Waals surface area (Å²) in [4.78, 5) is 4.81. The first-order valence-electron chi connectivity index (χ1n) is 8.08. The van der Waals surface area contributed by atoms with E-state index in [1.165, 1.54) is 0 Å². The van der Waals surface area contributed by atoms with Gasteiger partial charge in [0.2, 0.25) is 10.0 Å². The minimum absolute atomic E-state index is 0.00947. The minimum atomic E-state index is -3.53. The summed E-state index contributed by atoms with van der Waals surface area (Å²) in [6.07, 6.45) is 2.11. The summed E-state index contributed by atoms with van der Waals surface area (Å²) in [5, 5.41) is 0. The van der Waals surface area contributed by atoms with Gasteiger partial charge in [-0.3, -0.25) is 0 Å². The van der Waals surface area contributed by atoms with Gasteiger partial charge in [0.1, 0.15) is 4.60 Å². The minimum Gasteiger partial charge on any atom is -0.246 e. The zero-order valence-electron chi connectivity index (χ0n) is 13.7. The van der Waals surface area contributed by atoms with Crippen LogP contribution in [-0.2, 0) is 10.0 Å². The van der Waals surface area contributed by atoms with Crippen LogP contribution < -0.4 is 4.72 Å². The normalized spacial score (nSPS) is 17.5. The number of hydrogen-bond acceptors (Lipinski definition) is 3. The Balaban J connectivity index is 1.85. The highest BCUT2D eigenvalue weighted by Gasteiger charge is 2.38. The molecule has 24 heavy (non-hydrogen) atoms. The van der Waals surface area contributed by atoms with Gasteiger partial charge in [-0.15, -0.1) is 0 Å². The maximum absolute atomic E-state index is 12.7. The SMILES string of the molecule is Cc1ccc(S(=O)(=O)N[C@@H](C2CC2)[C@@H](C)c2cccc(Br)n2)cc1. The predicted octanol–water partition coefficient (Wildman–Crippen LogP) is 4.01. The number of nitrogens with zero attached hydrogens (tertiary/aromatic N) is 1. The van der Waals surface area contributed by atoms with Gasteiger partial charge in [-0.1, -0.05) is 30.7 Å². The monoisotopic (exact) mass is 408 g/mol. The quantitative estimate of drug-likeness (QED) is 0.734. The Hall–Kier alpha value is -1.24. The van der Waals surface area contributed by atoms with E-state index in [2.05, 4.69) is 25.6 Å². The molecule has 1 aliphatic carbocycles. The third-order valence-electron chi connectivity index (χ3n) is 4.49. The zero-order valence-corrected chi connectivity index (χ0v) is 16.1. The van der Waals surface area contributed by atoms with E-state index < -0.39 is 10.0 Å². The van der Waals surface area contributed by atoms with E-state index >= 15 is 0 Å². The lowest BCUT2D eigenvalue weighted by Crippen LogP contribution is -2.40. The Labute approximate surface area is 151 Å². The predicted molar refractivity (Wildman–Crippen MR) is 98.4 cm³/mol. The van der Waals surface area contributed by atoms with Gasteiger partial charge in [-0.05, 0) is 65.9 Å². The molecule has 0 saturated heterocycles. The van der Waals surface area contributed by atoms with Crippen molar-refractivity contribution in [1.82, 2.24) is 9.71 Å². The average molecular weight is 409 g/mol. The molecule has 1 fully saturated rings. The molecule has 0 aliphatic heterocycles. The molecule has 0 spiro atoms. The molecule has 128 valence electrons. The number of sulfonamides is 1. The highest BCUT2D eigenvalue weighted by atomic mass is 79.9. The molecule has 2 aromatic rings. The molecular weight excluding hydrogens is 388 g/mol. The maximum Gasteiger partial charge on any atom is 0.240 e. The first kappa shape index (κ1) is 17.6. The van der Waals surface area contributed by atoms with Gasteiger partial charge in [-0.25, -0.2) is 18.1 Å². The van der Waals surface area contributed by atoms with E-state index in [-0.39, 0.29) is 12.0 Å². The second kappa shape index (κ2) is 6.94. The highest BCUT2D eigenvalue weighted by molar-refractivity contribution is 9.10. The first-order chi connectivity index (χ1) is 11.4. The van der Waals surface area contributed by atoms with E-state index in [1.54, 1.807) is 12.1 Å². The molecular formula is C18H21BrN2O2S. The van der Waals surface area contributed by atoms with Crippen LogP contribution in [0, 0.1) is 12.8 Å². The number of hydrogen-bond donors (Lipinski definition) is 1. The van der Waals surface area contributed by atoms with Crippen LogP contribution in [0.3, 0.4) is 0 Å². The standard InChI is InChI=1S/C18H21BrN2O2S/c1-12-6-10-15(11-7-12)24(22,23)21-18(14-8-9-14)13(2)16-4-3-5-17(19)20-16/h3-7,10-11,13-14,18,21H,8-9H2,1-2H3/t13-,18+/m0/s1. The number of benzene rings is 1. The maximum atomic E-state index is 12.7. The van der Waals surface area contributed by atoms with E-state index in [1.807, 2.05) is 44.2 Å². The summed E-state index contributed by atoms with van der Waals surface area (Å²) in [7, 11) is -3.53. The van der Waals surface area contributed by atoms with Crippen LogP contribution in [-0.4, -0.2) is 19.4 Å². The second-order valence-electron chi connectivity index (χ2n) is 6.47. The lowest BCUT2D eigenvalue weighted by Gasteiger charge is -2.25. The van der Waals surface area contributed by atoms with Crippen molar-refractivity contribution < 1.29 is 8.42 Å². The lowest BCUT2D eigenvalue weighted by atomic mass is 9.95. The van der Waals surface area contributed by atoms with Crippen LogP contribution in [0.5, 0.6) is 0 Å². The summed E-state index contributed by atoms with van der Waals surface area (Å²) in [6, 6.07) is 12.6. The van der Waals surface area contributed by atoms with E-state index in [0.29, 0.717) is 10.8 Å². The van der Waals surface area contributed by atoms with Gasteiger partial charge in [-0.2, -0.15) is 0 Å². The van der Waals surface area contributed by atoms with Crippen molar-refractivity contribution in [3.63, 3.8) is 0 Å². The Morgan fingerprint density at radius 2 is 1.83 bits per heavy atom. The molecule has 1 heterocycles. The van der Waals surface area contributed by atoms with Gasteiger partial charge in [0.05, 0.1) is 4.90 Å². The van der Waals surface area contributed by atoms with Crippen molar-refractivity contribution in [2.75, 3.05) is 0 Å². The Morgan fingerprint density at radius 1 is 1.17 bits per heavy atom. The summed E-state index contributed by atoms with van der Waals surface area (Å²) in [6.45, 7) is 3.98. The van der Waals surface area contributed by atoms with E-state index in [4.69, 9.17) is 0 Å². The van der Waals surface area contributed by atoms with Gasteiger partial charge < -0.3 is 0 Å². The van der Waals surface area contributed by atoms with Crippen molar-refractivity contribution in [1.29, 1.82) is 0 Å². The molecule has 6 heteroatoms. The van der Waals surface area contributed by atoms with E-state index in [0.717, 1.165) is 28.7 Å². The Morgan fingerprint density at radius 3 is 2.42 bits per heavy atom. The molecule has 3 rings (SSSR count). The largest absolute Gasteiger partial charge is 0.246 e. The number of rotatable bonds is 6. The Kier molecular flexibility index (Phi) is 5.08. The fraction of sp³-hybridized carbons (Fsp3) is 0.389. The first-order valence-corrected chi connectivity index (χ1v) is 10.4. The van der Waals surface area contributed by atoms with Crippen molar-refractivity contribution in [3.8, 4) is 0 Å². The van der Waals surface area contributed by atoms with E-state index in [9.17, 15) is 8.42 Å². The molecule has 0 unspecified atom stereocenters. The number of aryl methyl sites for hydroxylation is 1. The smallest absolute Gasteiger partial charge is 0.240 e. The molecule has 1 aromatic heterocycles. The van der Waals surface area contributed by atoms with Crippen LogP contribution in [0.4, 0.5) is 0 Å². The summed E-state index contributed by atoms with van der Waals surface area (Å²) in [5.74, 6) is 0.385. The van der Waals surface area contributed by atoms with Crippen molar-refractivity contribution in [2.24, 2.45) is 5.92 Å². The Bertz CT molecular complexity index is 817. The molecule has 2 atom stereocenters. The molecule has 1 N–H and O–H groups in total. The summed E-state index contributed by atoms with van der Waals surface area (Å²) in [5.41, 5.74) is 1.94. The van der Waals surface area contributed by atoms with Crippen molar-refractivity contribution in [3.05, 3.63) is 58.3 Å². The second-order valence-corrected chi connectivity index (χ2v) is 9.00. The molecule has 4 nitrogen and oxygen atoms in total. The van der Waals surface area contributed by atoms with Gasteiger partial charge in [0, 0.05) is 17.7 Å². The molecule has 1 aromatic carbocycles. The van der Waals surface area contributed by atoms with Gasteiger partial charge in [0.15, 0.2) is 0 Å². The summed E-state index contributed by atoms with van der Waals surface area (Å²) < 4.78 is 29.2. The topological polar surface area (TPSA) is 59.1 Å². The number of pyridine rings is 1. The average Bonchev–Trinajstić information content (AvgIpc) is 3.37. The third kappa shape index (κ3) is 4.05. The molecule has 1 aliphatic rings. The molecule has 0 bridgehead atoms. The van der Waals surface area contributed by atoms with Crippen LogP contribution in [0.1, 0.15) is 36.9 Å². The van der Waals surface area contributed by atoms with Crippen molar-refractivity contribution >= 4 is 26.0 Å². The molecule has 0 radical (unpaired) electrons. The van der Waals surface area contributed by atoms with Crippen molar-refractivity contribution in [2.45, 2.75) is 43.5 Å². The molecule has 1 saturated carbocycles. The third-order valence-corrected chi connectivity index (χ3v) is 6.41. The van der Waals surface area contributed by atoms with Gasteiger partial charge >= 0.3 is 0 Å². The fourth-order valence-electron chi connectivity index (χ4n) is 2.89. The van der Waals surface area contributed by atoms with Crippen LogP contribution in [0.2, 0.25) is 0 Å². The number of halogens is 1. The molecule has 0 amide bonds. The van der Waals surface area contributed by atoms with Crippen LogP contribution in [0.15, 0.2) is 52.0 Å². The van der Waals surface area contributed by atoms with Crippen LogP contribution in [0.25, 0.3) is 0 Å². The fourth-order valence-corrected chi connectivity index (χ4v) is 4.63. The lowest BCUT2D eigenvalue weighted by molar-refractivity contribution is 0.452. The number of aromatic nitrogens is 1. The zero-order chi connectivity index (χ0) is 17.3.